The van der Waals surface area contributed by atoms with E-state index >= 15 is 0 Å². The summed E-state index contributed by atoms with van der Waals surface area (Å²) in [6.07, 6.45) is 5.72. The molecule has 4 N–H and O–H groups in total. The number of carbonyl (C=O) groups is 2. The molecule has 184 valence electrons. The number of carboxylic acid groups (broad SMARTS) is 1. The zero-order valence-electron chi connectivity index (χ0n) is 19.0. The van der Waals surface area contributed by atoms with Crippen LogP contribution in [0.1, 0.15) is 15.9 Å². The lowest BCUT2D eigenvalue weighted by Gasteiger charge is -2.20. The van der Waals surface area contributed by atoms with E-state index < -0.39 is 11.6 Å². The van der Waals surface area contributed by atoms with Gasteiger partial charge in [0.15, 0.2) is 17.2 Å². The molecule has 12 heteroatoms. The molecule has 2 aromatic carbocycles. The van der Waals surface area contributed by atoms with Crippen LogP contribution in [0.4, 0.5) is 27.5 Å². The van der Waals surface area contributed by atoms with Gasteiger partial charge in [0.05, 0.1) is 11.7 Å². The van der Waals surface area contributed by atoms with Crippen LogP contribution in [0.25, 0.3) is 11.1 Å². The molecule has 1 amide bonds. The fourth-order valence-electron chi connectivity index (χ4n) is 3.57. The van der Waals surface area contributed by atoms with Gasteiger partial charge >= 0.3 is 5.76 Å². The molecule has 0 spiro atoms. The van der Waals surface area contributed by atoms with E-state index in [0.29, 0.717) is 41.0 Å². The van der Waals surface area contributed by atoms with E-state index in [0.717, 1.165) is 11.8 Å². The Labute approximate surface area is 203 Å². The zero-order chi connectivity index (χ0) is 25.7. The Morgan fingerprint density at radius 2 is 1.89 bits per heavy atom. The molecule has 0 atom stereocenters. The van der Waals surface area contributed by atoms with Gasteiger partial charge in [0.25, 0.3) is 12.4 Å². The molecule has 36 heavy (non-hydrogen) atoms. The van der Waals surface area contributed by atoms with Crippen molar-refractivity contribution in [2.24, 2.45) is 0 Å². The third-order valence-electron chi connectivity index (χ3n) is 5.25. The molecule has 0 radical (unpaired) electrons. The number of aromatic nitrogens is 3. The number of nitrogens with zero attached hydrogens (tertiary/aromatic N) is 3. The molecule has 0 aliphatic carbocycles. The van der Waals surface area contributed by atoms with Gasteiger partial charge in [0, 0.05) is 30.5 Å². The number of halogens is 1. The van der Waals surface area contributed by atoms with Gasteiger partial charge < -0.3 is 25.1 Å². The largest absolute Gasteiger partial charge is 0.483 e. The Kier molecular flexibility index (Phi) is 7.04. The molecule has 0 saturated heterocycles. The molecule has 1 aliphatic heterocycles. The van der Waals surface area contributed by atoms with Gasteiger partial charge in [-0.3, -0.25) is 14.6 Å². The first-order valence-corrected chi connectivity index (χ1v) is 10.7. The predicted molar refractivity (Wildman–Crippen MR) is 130 cm³/mol. The van der Waals surface area contributed by atoms with Crippen molar-refractivity contribution in [1.82, 2.24) is 19.9 Å². The van der Waals surface area contributed by atoms with Crippen molar-refractivity contribution in [1.29, 1.82) is 0 Å². The van der Waals surface area contributed by atoms with E-state index in [9.17, 15) is 14.0 Å². The minimum Gasteiger partial charge on any atom is -0.483 e. The maximum Gasteiger partial charge on any atom is 0.417 e. The number of carbonyl (C=O) groups excluding carboxylic acids is 1. The molecule has 0 fully saturated rings. The van der Waals surface area contributed by atoms with Crippen molar-refractivity contribution < 1.29 is 23.5 Å². The van der Waals surface area contributed by atoms with Crippen LogP contribution in [-0.4, -0.2) is 50.9 Å². The van der Waals surface area contributed by atoms with Crippen LogP contribution < -0.4 is 16.4 Å². The van der Waals surface area contributed by atoms with E-state index in [1.54, 1.807) is 36.2 Å². The molecular weight excluding hydrogens is 471 g/mol. The summed E-state index contributed by atoms with van der Waals surface area (Å²) < 4.78 is 19.3. The normalized spacial score (nSPS) is 13.6. The molecule has 11 nitrogen and oxygen atoms in total. The summed E-state index contributed by atoms with van der Waals surface area (Å²) >= 11 is 0. The molecule has 1 aliphatic rings. The van der Waals surface area contributed by atoms with E-state index in [1.807, 2.05) is 24.3 Å². The van der Waals surface area contributed by atoms with Crippen molar-refractivity contribution in [3.05, 3.63) is 82.2 Å². The number of allylic oxidation sites excluding steroid dienone is 1. The number of H-pyrrole nitrogens is 1. The second kappa shape index (κ2) is 10.5. The van der Waals surface area contributed by atoms with Crippen molar-refractivity contribution in [3.63, 3.8) is 0 Å². The molecule has 4 aromatic rings. The van der Waals surface area contributed by atoms with Crippen LogP contribution in [0.2, 0.25) is 0 Å². The van der Waals surface area contributed by atoms with Crippen molar-refractivity contribution in [2.75, 3.05) is 24.2 Å². The predicted octanol–water partition coefficient (Wildman–Crippen LogP) is 3.42. The fourth-order valence-corrected chi connectivity index (χ4v) is 3.57. The quantitative estimate of drug-likeness (QED) is 0.248. The summed E-state index contributed by atoms with van der Waals surface area (Å²) in [6.45, 7) is 0.296. The van der Waals surface area contributed by atoms with Gasteiger partial charge in [0.2, 0.25) is 5.95 Å². The first kappa shape index (κ1) is 24.1. The number of aromatic amines is 1. The van der Waals surface area contributed by atoms with Gasteiger partial charge in [-0.05, 0) is 42.3 Å². The minimum absolute atomic E-state index is 0.0510. The lowest BCUT2D eigenvalue weighted by Crippen LogP contribution is -2.28. The van der Waals surface area contributed by atoms with Crippen LogP contribution in [-0.2, 0) is 11.2 Å². The highest BCUT2D eigenvalue weighted by atomic mass is 19.1. The number of likely N-dealkylation sites (N-methyl/N-ethyl adjacent to an activating group) is 1. The summed E-state index contributed by atoms with van der Waals surface area (Å²) in [6, 6.07) is 10.3. The summed E-state index contributed by atoms with van der Waals surface area (Å²) in [7, 11) is 1.75. The Morgan fingerprint density at radius 3 is 2.69 bits per heavy atom. The number of fused-ring (bicyclic) bond motifs is 2. The Hall–Kier alpha value is -5.00. The Balaban J connectivity index is 0.000000967. The van der Waals surface area contributed by atoms with Gasteiger partial charge in [-0.1, -0.05) is 18.2 Å². The number of nitrogens with one attached hydrogen (secondary N) is 3. The second-order valence-corrected chi connectivity index (χ2v) is 7.70. The molecule has 0 saturated carbocycles. The van der Waals surface area contributed by atoms with Gasteiger partial charge in [-0.25, -0.2) is 14.2 Å². The molecule has 3 heterocycles. The number of amides is 1. The lowest BCUT2D eigenvalue weighted by molar-refractivity contribution is -0.122. The lowest BCUT2D eigenvalue weighted by atomic mass is 10.0. The molecule has 5 rings (SSSR count). The average molecular weight is 492 g/mol. The number of rotatable bonds is 4. The molecule has 0 unspecified atom stereocenters. The van der Waals surface area contributed by atoms with Gasteiger partial charge in [-0.2, -0.15) is 4.98 Å². The molecule has 2 aromatic heterocycles. The van der Waals surface area contributed by atoms with E-state index in [4.69, 9.17) is 14.3 Å². The van der Waals surface area contributed by atoms with E-state index in [1.165, 1.54) is 0 Å². The summed E-state index contributed by atoms with van der Waals surface area (Å²) in [5.74, 6) is -1.19. The SMILES string of the molecule is CN1C/C=C\Cc2ccc(Nc3ncc(F)c(Nc4ccc5oc(=O)[nH]c5c4)n3)cc2C1=O.O=CO. The number of benzene rings is 2. The number of anilines is 4. The number of oxazole rings is 1. The maximum absolute atomic E-state index is 14.4. The minimum atomic E-state index is -0.650. The van der Waals surface area contributed by atoms with Crippen LogP contribution in [0.5, 0.6) is 0 Å². The van der Waals surface area contributed by atoms with Crippen LogP contribution in [0.15, 0.2) is 64.0 Å². The van der Waals surface area contributed by atoms with Gasteiger partial charge in [0.1, 0.15) is 0 Å². The summed E-state index contributed by atoms with van der Waals surface area (Å²) in [5, 5.41) is 12.8. The van der Waals surface area contributed by atoms with E-state index in [-0.39, 0.29) is 24.1 Å². The topological polar surface area (TPSA) is 153 Å². The first-order chi connectivity index (χ1) is 17.4. The van der Waals surface area contributed by atoms with Crippen LogP contribution >= 0.6 is 0 Å². The van der Waals surface area contributed by atoms with Crippen LogP contribution in [0, 0.1) is 5.82 Å². The molecular formula is C24H21FN6O5. The average Bonchev–Trinajstić information content (AvgIpc) is 3.23. The van der Waals surface area contributed by atoms with Crippen molar-refractivity contribution in [2.45, 2.75) is 6.42 Å². The standard InChI is InChI=1S/C23H19FN6O3.CH2O2/c1-30-9-3-2-4-13-5-6-14(10-16(13)21(30)31)27-22-25-12-17(24)20(29-22)26-15-7-8-19-18(11-15)28-23(32)33-19;2-1-3/h2-3,5-8,10-12H,4,9H2,1H3,(H,28,32)(H2,25,26,27,29);1H,(H,2,3)/b3-2-;. The highest BCUT2D eigenvalue weighted by Crippen LogP contribution is 2.25. The smallest absolute Gasteiger partial charge is 0.417 e. The third-order valence-corrected chi connectivity index (χ3v) is 5.25. The Bertz CT molecular complexity index is 1510. The molecule has 0 bridgehead atoms. The summed E-state index contributed by atoms with van der Waals surface area (Å²) in [5.41, 5.74) is 3.49. The number of hydrogen-bond donors (Lipinski definition) is 4. The van der Waals surface area contributed by atoms with Crippen molar-refractivity contribution >= 4 is 46.6 Å². The summed E-state index contributed by atoms with van der Waals surface area (Å²) in [4.78, 5) is 44.8. The van der Waals surface area contributed by atoms with Gasteiger partial charge in [-0.15, -0.1) is 0 Å². The fraction of sp³-hybridized carbons (Fsp3) is 0.125. The Morgan fingerprint density at radius 1 is 1.14 bits per heavy atom. The van der Waals surface area contributed by atoms with E-state index in [2.05, 4.69) is 25.6 Å². The van der Waals surface area contributed by atoms with Crippen LogP contribution in [0.3, 0.4) is 0 Å². The second-order valence-electron chi connectivity index (χ2n) is 7.70. The maximum atomic E-state index is 14.4. The first-order valence-electron chi connectivity index (χ1n) is 10.7. The number of hydrogen-bond acceptors (Lipinski definition) is 8. The van der Waals surface area contributed by atoms with Crippen molar-refractivity contribution in [3.8, 4) is 0 Å². The zero-order valence-corrected chi connectivity index (χ0v) is 19.0. The monoisotopic (exact) mass is 492 g/mol. The highest BCUT2D eigenvalue weighted by Gasteiger charge is 2.17. The third kappa shape index (κ3) is 5.38. The highest BCUT2D eigenvalue weighted by molar-refractivity contribution is 5.97.